The van der Waals surface area contributed by atoms with E-state index in [4.69, 9.17) is 9.47 Å². The summed E-state index contributed by atoms with van der Waals surface area (Å²) in [5.41, 5.74) is 5.77. The van der Waals surface area contributed by atoms with E-state index in [0.29, 0.717) is 11.5 Å². The van der Waals surface area contributed by atoms with Crippen LogP contribution in [0.3, 0.4) is 0 Å². The van der Waals surface area contributed by atoms with Gasteiger partial charge in [0.25, 0.3) is 0 Å². The molecule has 132 valence electrons. The molecule has 0 saturated heterocycles. The SMILES string of the molecule is CCCc1ccc(-c2ccc(-c3ccc4c(c3)OC(C)(F)O4)cc2)cc1. The van der Waals surface area contributed by atoms with Gasteiger partial charge in [-0.3, -0.25) is 0 Å². The molecule has 0 amide bonds. The number of fused-ring (bicyclic) bond motifs is 1. The molecule has 2 nitrogen and oxygen atoms in total. The molecule has 0 saturated carbocycles. The predicted octanol–water partition coefficient (Wildman–Crippen LogP) is 6.39. The highest BCUT2D eigenvalue weighted by Gasteiger charge is 2.36. The van der Waals surface area contributed by atoms with E-state index in [2.05, 4.69) is 55.5 Å². The van der Waals surface area contributed by atoms with E-state index in [0.717, 1.165) is 24.0 Å². The summed E-state index contributed by atoms with van der Waals surface area (Å²) in [6.45, 7) is 3.45. The third-order valence-electron chi connectivity index (χ3n) is 4.57. The highest BCUT2D eigenvalue weighted by atomic mass is 19.2. The van der Waals surface area contributed by atoms with Gasteiger partial charge in [-0.05, 0) is 46.4 Å². The van der Waals surface area contributed by atoms with Gasteiger partial charge < -0.3 is 9.47 Å². The Balaban J connectivity index is 1.57. The minimum atomic E-state index is -2.09. The fourth-order valence-corrected chi connectivity index (χ4v) is 3.27. The van der Waals surface area contributed by atoms with E-state index in [1.165, 1.54) is 23.6 Å². The van der Waals surface area contributed by atoms with Crippen LogP contribution < -0.4 is 9.47 Å². The number of aryl methyl sites for hydroxylation is 1. The monoisotopic (exact) mass is 348 g/mol. The molecular weight excluding hydrogens is 327 g/mol. The fourth-order valence-electron chi connectivity index (χ4n) is 3.27. The summed E-state index contributed by atoms with van der Waals surface area (Å²) in [7, 11) is 0. The van der Waals surface area contributed by atoms with Crippen molar-refractivity contribution in [2.24, 2.45) is 0 Å². The van der Waals surface area contributed by atoms with Crippen LogP contribution in [-0.2, 0) is 6.42 Å². The Kier molecular flexibility index (Phi) is 4.15. The lowest BCUT2D eigenvalue weighted by molar-refractivity contribution is -0.173. The first-order valence-electron chi connectivity index (χ1n) is 8.95. The second-order valence-corrected chi connectivity index (χ2v) is 6.72. The molecule has 0 aliphatic carbocycles. The smallest absolute Gasteiger partial charge is 0.404 e. The summed E-state index contributed by atoms with van der Waals surface area (Å²) in [4.78, 5) is 0. The average molecular weight is 348 g/mol. The van der Waals surface area contributed by atoms with Crippen molar-refractivity contribution in [3.63, 3.8) is 0 Å². The van der Waals surface area contributed by atoms with Crippen LogP contribution in [0.1, 0.15) is 25.8 Å². The molecule has 0 N–H and O–H groups in total. The minimum absolute atomic E-state index is 0.433. The van der Waals surface area contributed by atoms with E-state index in [9.17, 15) is 4.39 Å². The average Bonchev–Trinajstić information content (AvgIpc) is 2.96. The zero-order valence-corrected chi connectivity index (χ0v) is 15.0. The Labute approximate surface area is 153 Å². The van der Waals surface area contributed by atoms with Gasteiger partial charge >= 0.3 is 6.04 Å². The Morgan fingerprint density at radius 1 is 0.731 bits per heavy atom. The minimum Gasteiger partial charge on any atom is -0.423 e. The summed E-state index contributed by atoms with van der Waals surface area (Å²) in [6, 6.07) is 20.5. The number of halogens is 1. The molecule has 0 radical (unpaired) electrons. The molecule has 0 bridgehead atoms. The maximum atomic E-state index is 13.8. The first kappa shape index (κ1) is 16.6. The summed E-state index contributed by atoms with van der Waals surface area (Å²) < 4.78 is 24.1. The molecular formula is C23H21FO2. The predicted molar refractivity (Wildman–Crippen MR) is 102 cm³/mol. The van der Waals surface area contributed by atoms with E-state index < -0.39 is 6.04 Å². The van der Waals surface area contributed by atoms with Crippen molar-refractivity contribution in [3.05, 3.63) is 72.3 Å². The summed E-state index contributed by atoms with van der Waals surface area (Å²) in [5.74, 6) is 0.866. The third kappa shape index (κ3) is 3.30. The first-order chi connectivity index (χ1) is 12.5. The van der Waals surface area contributed by atoms with E-state index in [1.807, 2.05) is 12.1 Å². The molecule has 1 heterocycles. The Morgan fingerprint density at radius 3 is 1.85 bits per heavy atom. The van der Waals surface area contributed by atoms with Crippen molar-refractivity contribution in [1.82, 2.24) is 0 Å². The molecule has 1 unspecified atom stereocenters. The van der Waals surface area contributed by atoms with Crippen LogP contribution in [0.25, 0.3) is 22.3 Å². The van der Waals surface area contributed by atoms with Crippen molar-refractivity contribution in [2.75, 3.05) is 0 Å². The van der Waals surface area contributed by atoms with E-state index in [1.54, 1.807) is 6.07 Å². The molecule has 3 aromatic rings. The van der Waals surface area contributed by atoms with Crippen LogP contribution in [0.5, 0.6) is 11.5 Å². The molecule has 3 aromatic carbocycles. The molecule has 0 fully saturated rings. The lowest BCUT2D eigenvalue weighted by Crippen LogP contribution is -2.27. The van der Waals surface area contributed by atoms with Gasteiger partial charge in [0, 0.05) is 6.92 Å². The van der Waals surface area contributed by atoms with Crippen molar-refractivity contribution >= 4 is 0 Å². The third-order valence-corrected chi connectivity index (χ3v) is 4.57. The van der Waals surface area contributed by atoms with Crippen LogP contribution in [0.4, 0.5) is 4.39 Å². The van der Waals surface area contributed by atoms with Gasteiger partial charge in [-0.1, -0.05) is 67.9 Å². The topological polar surface area (TPSA) is 18.5 Å². The zero-order valence-electron chi connectivity index (χ0n) is 15.0. The summed E-state index contributed by atoms with van der Waals surface area (Å²) in [5, 5.41) is 0. The van der Waals surface area contributed by atoms with Crippen LogP contribution >= 0.6 is 0 Å². The van der Waals surface area contributed by atoms with Crippen molar-refractivity contribution in [1.29, 1.82) is 0 Å². The number of hydrogen-bond acceptors (Lipinski definition) is 2. The lowest BCUT2D eigenvalue weighted by Gasteiger charge is -2.10. The molecule has 1 aliphatic rings. The quantitative estimate of drug-likeness (QED) is 0.544. The normalized spacial score (nSPS) is 18.1. The van der Waals surface area contributed by atoms with Crippen LogP contribution in [0, 0.1) is 0 Å². The standard InChI is InChI=1S/C23H21FO2/c1-3-4-16-5-7-17(8-6-16)18-9-11-19(12-10-18)20-13-14-21-22(15-20)26-23(2,24)25-21/h5-15H,3-4H2,1-2H3. The van der Waals surface area contributed by atoms with Crippen LogP contribution in [-0.4, -0.2) is 6.04 Å². The summed E-state index contributed by atoms with van der Waals surface area (Å²) >= 11 is 0. The fraction of sp³-hybridized carbons (Fsp3) is 0.217. The number of alkyl halides is 1. The number of rotatable bonds is 4. The van der Waals surface area contributed by atoms with Gasteiger partial charge in [0.1, 0.15) is 0 Å². The summed E-state index contributed by atoms with van der Waals surface area (Å²) in [6.07, 6.45) is 2.27. The molecule has 0 spiro atoms. The molecule has 4 rings (SSSR count). The highest BCUT2D eigenvalue weighted by molar-refractivity contribution is 5.72. The maximum absolute atomic E-state index is 13.8. The van der Waals surface area contributed by atoms with Crippen molar-refractivity contribution < 1.29 is 13.9 Å². The number of ether oxygens (including phenoxy) is 2. The second-order valence-electron chi connectivity index (χ2n) is 6.72. The van der Waals surface area contributed by atoms with Gasteiger partial charge in [-0.2, -0.15) is 4.39 Å². The number of benzene rings is 3. The number of hydrogen-bond donors (Lipinski definition) is 0. The second kappa shape index (κ2) is 6.49. The molecule has 1 atom stereocenters. The lowest BCUT2D eigenvalue weighted by atomic mass is 9.99. The van der Waals surface area contributed by atoms with Crippen LogP contribution in [0.2, 0.25) is 0 Å². The van der Waals surface area contributed by atoms with Crippen LogP contribution in [0.15, 0.2) is 66.7 Å². The largest absolute Gasteiger partial charge is 0.423 e. The van der Waals surface area contributed by atoms with Gasteiger partial charge in [-0.25, -0.2) is 0 Å². The Bertz CT molecular complexity index is 912. The molecule has 0 aromatic heterocycles. The van der Waals surface area contributed by atoms with Crippen molar-refractivity contribution in [2.45, 2.75) is 32.7 Å². The van der Waals surface area contributed by atoms with E-state index in [-0.39, 0.29) is 0 Å². The first-order valence-corrected chi connectivity index (χ1v) is 8.95. The maximum Gasteiger partial charge on any atom is 0.404 e. The van der Waals surface area contributed by atoms with Gasteiger partial charge in [-0.15, -0.1) is 0 Å². The molecule has 1 aliphatic heterocycles. The Morgan fingerprint density at radius 2 is 1.23 bits per heavy atom. The zero-order chi connectivity index (χ0) is 18.1. The van der Waals surface area contributed by atoms with Gasteiger partial charge in [0.05, 0.1) is 0 Å². The van der Waals surface area contributed by atoms with Gasteiger partial charge in [0.15, 0.2) is 11.5 Å². The van der Waals surface area contributed by atoms with Gasteiger partial charge in [0.2, 0.25) is 0 Å². The van der Waals surface area contributed by atoms with Crippen molar-refractivity contribution in [3.8, 4) is 33.8 Å². The highest BCUT2D eigenvalue weighted by Crippen LogP contribution is 2.42. The molecule has 26 heavy (non-hydrogen) atoms. The van der Waals surface area contributed by atoms with E-state index >= 15 is 0 Å². The Hall–Kier alpha value is -2.81. The molecule has 3 heteroatoms.